The lowest BCUT2D eigenvalue weighted by molar-refractivity contribution is 1.14. The van der Waals surface area contributed by atoms with Crippen LogP contribution in [0.25, 0.3) is 10.9 Å². The van der Waals surface area contributed by atoms with Crippen LogP contribution in [0.1, 0.15) is 18.2 Å². The third-order valence-electron chi connectivity index (χ3n) is 2.59. The molecule has 2 aromatic rings. The number of aromatic nitrogens is 1. The van der Waals surface area contributed by atoms with Crippen molar-refractivity contribution in [3.05, 3.63) is 43.2 Å². The van der Waals surface area contributed by atoms with Gasteiger partial charge in [-0.3, -0.25) is 4.79 Å². The molecule has 0 saturated carbocycles. The van der Waals surface area contributed by atoms with Crippen LogP contribution in [0.5, 0.6) is 0 Å². The number of pyridine rings is 1. The van der Waals surface area contributed by atoms with E-state index in [9.17, 15) is 4.79 Å². The normalized spacial score (nSPS) is 10.9. The number of fused-ring (bicyclic) bond motifs is 1. The number of benzene rings is 1. The van der Waals surface area contributed by atoms with Crippen molar-refractivity contribution in [2.45, 2.75) is 20.3 Å². The molecule has 2 nitrogen and oxygen atoms in total. The summed E-state index contributed by atoms with van der Waals surface area (Å²) in [7, 11) is 0. The Kier molecular flexibility index (Phi) is 2.82. The first-order valence-electron chi connectivity index (χ1n) is 4.94. The third kappa shape index (κ3) is 1.80. The summed E-state index contributed by atoms with van der Waals surface area (Å²) in [5, 5.41) is 0.796. The van der Waals surface area contributed by atoms with Crippen LogP contribution in [0.4, 0.5) is 0 Å². The second-order valence-corrected chi connectivity index (χ2v) is 4.71. The standard InChI is InChI=1S/C12H12INO/c1-3-8-4-5-10-9(6-8)12(15)11(13)7(2)14-10/h4-6H,3H2,1-2H3,(H,14,15). The Hall–Kier alpha value is -0.840. The Morgan fingerprint density at radius 1 is 1.40 bits per heavy atom. The molecule has 0 bridgehead atoms. The number of H-pyrrole nitrogens is 1. The fourth-order valence-electron chi connectivity index (χ4n) is 1.65. The van der Waals surface area contributed by atoms with Crippen molar-refractivity contribution in [3.63, 3.8) is 0 Å². The number of hydrogen-bond donors (Lipinski definition) is 1. The van der Waals surface area contributed by atoms with Gasteiger partial charge >= 0.3 is 0 Å². The van der Waals surface area contributed by atoms with Crippen LogP contribution in [-0.2, 0) is 6.42 Å². The predicted molar refractivity (Wildman–Crippen MR) is 71.4 cm³/mol. The van der Waals surface area contributed by atoms with Gasteiger partial charge in [-0.15, -0.1) is 0 Å². The van der Waals surface area contributed by atoms with Gasteiger partial charge in [0.25, 0.3) is 0 Å². The van der Waals surface area contributed by atoms with E-state index in [0.717, 1.165) is 26.6 Å². The predicted octanol–water partition coefficient (Wildman–Crippen LogP) is 3.00. The molecule has 0 atom stereocenters. The molecule has 1 N–H and O–H groups in total. The molecule has 0 radical (unpaired) electrons. The van der Waals surface area contributed by atoms with E-state index < -0.39 is 0 Å². The number of halogens is 1. The van der Waals surface area contributed by atoms with Crippen LogP contribution >= 0.6 is 22.6 Å². The molecule has 0 aliphatic carbocycles. The summed E-state index contributed by atoms with van der Waals surface area (Å²) in [5.74, 6) is 0. The van der Waals surface area contributed by atoms with Crippen LogP contribution in [0.2, 0.25) is 0 Å². The lowest BCUT2D eigenvalue weighted by atomic mass is 10.1. The molecular formula is C12H12INO. The molecule has 78 valence electrons. The van der Waals surface area contributed by atoms with Crippen molar-refractivity contribution in [2.75, 3.05) is 0 Å². The molecule has 1 heterocycles. The summed E-state index contributed by atoms with van der Waals surface area (Å²) in [5.41, 5.74) is 3.21. The fourth-order valence-corrected chi connectivity index (χ4v) is 2.08. The maximum absolute atomic E-state index is 12.0. The van der Waals surface area contributed by atoms with E-state index >= 15 is 0 Å². The monoisotopic (exact) mass is 313 g/mol. The molecule has 0 unspecified atom stereocenters. The van der Waals surface area contributed by atoms with Gasteiger partial charge in [-0.25, -0.2) is 0 Å². The van der Waals surface area contributed by atoms with Crippen molar-refractivity contribution in [1.82, 2.24) is 4.98 Å². The molecule has 3 heteroatoms. The first-order valence-corrected chi connectivity index (χ1v) is 6.02. The van der Waals surface area contributed by atoms with E-state index in [1.165, 1.54) is 5.56 Å². The van der Waals surface area contributed by atoms with E-state index in [0.29, 0.717) is 0 Å². The van der Waals surface area contributed by atoms with Crippen LogP contribution in [0.15, 0.2) is 23.0 Å². The number of nitrogens with one attached hydrogen (secondary N) is 1. The zero-order valence-corrected chi connectivity index (χ0v) is 10.9. The second kappa shape index (κ2) is 3.96. The Bertz CT molecular complexity index is 572. The van der Waals surface area contributed by atoms with Crippen molar-refractivity contribution in [2.24, 2.45) is 0 Å². The average Bonchev–Trinajstić information content (AvgIpc) is 2.26. The first-order chi connectivity index (χ1) is 7.13. The van der Waals surface area contributed by atoms with Gasteiger partial charge in [-0.2, -0.15) is 0 Å². The van der Waals surface area contributed by atoms with Crippen molar-refractivity contribution < 1.29 is 0 Å². The lowest BCUT2D eigenvalue weighted by Gasteiger charge is -2.04. The summed E-state index contributed by atoms with van der Waals surface area (Å²) in [6.45, 7) is 4.02. The summed E-state index contributed by atoms with van der Waals surface area (Å²) in [6.07, 6.45) is 0.958. The van der Waals surface area contributed by atoms with Crippen LogP contribution in [0, 0.1) is 10.5 Å². The topological polar surface area (TPSA) is 32.9 Å². The molecule has 0 spiro atoms. The molecule has 1 aromatic heterocycles. The molecule has 0 fully saturated rings. The van der Waals surface area contributed by atoms with Gasteiger partial charge < -0.3 is 4.98 Å². The summed E-state index contributed by atoms with van der Waals surface area (Å²) < 4.78 is 0.786. The number of aromatic amines is 1. The SMILES string of the molecule is CCc1ccc2[nH]c(C)c(I)c(=O)c2c1. The van der Waals surface area contributed by atoms with Crippen molar-refractivity contribution in [1.29, 1.82) is 0 Å². The highest BCUT2D eigenvalue weighted by molar-refractivity contribution is 14.1. The van der Waals surface area contributed by atoms with Gasteiger partial charge in [0.05, 0.1) is 3.57 Å². The van der Waals surface area contributed by atoms with E-state index in [1.807, 2.05) is 19.1 Å². The van der Waals surface area contributed by atoms with Crippen molar-refractivity contribution in [3.8, 4) is 0 Å². The second-order valence-electron chi connectivity index (χ2n) is 3.63. The number of rotatable bonds is 1. The van der Waals surface area contributed by atoms with Gasteiger partial charge in [0.2, 0.25) is 5.43 Å². The van der Waals surface area contributed by atoms with Gasteiger partial charge in [-0.1, -0.05) is 13.0 Å². The molecule has 0 amide bonds. The van der Waals surface area contributed by atoms with Crippen LogP contribution in [-0.4, -0.2) is 4.98 Å². The van der Waals surface area contributed by atoms with Crippen LogP contribution < -0.4 is 5.43 Å². The Morgan fingerprint density at radius 2 is 2.13 bits per heavy atom. The quantitative estimate of drug-likeness (QED) is 0.807. The molecule has 2 rings (SSSR count). The minimum absolute atomic E-state index is 0.136. The maximum Gasteiger partial charge on any atom is 0.202 e. The smallest absolute Gasteiger partial charge is 0.202 e. The zero-order chi connectivity index (χ0) is 11.0. The molecule has 0 aliphatic rings. The molecule has 0 saturated heterocycles. The van der Waals surface area contributed by atoms with E-state index in [-0.39, 0.29) is 5.43 Å². The van der Waals surface area contributed by atoms with Gasteiger partial charge in [-0.05, 0) is 53.6 Å². The molecule has 1 aromatic carbocycles. The summed E-state index contributed by atoms with van der Waals surface area (Å²) >= 11 is 2.10. The van der Waals surface area contributed by atoms with E-state index in [4.69, 9.17) is 0 Å². The van der Waals surface area contributed by atoms with Gasteiger partial charge in [0.1, 0.15) is 0 Å². The van der Waals surface area contributed by atoms with Gasteiger partial charge in [0, 0.05) is 16.6 Å². The van der Waals surface area contributed by atoms with E-state index in [1.54, 1.807) is 0 Å². The third-order valence-corrected chi connectivity index (χ3v) is 3.89. The largest absolute Gasteiger partial charge is 0.358 e. The summed E-state index contributed by atoms with van der Waals surface area (Å²) in [4.78, 5) is 15.2. The highest BCUT2D eigenvalue weighted by atomic mass is 127. The minimum atomic E-state index is 0.136. The Labute approximate surface area is 102 Å². The minimum Gasteiger partial charge on any atom is -0.358 e. The highest BCUT2D eigenvalue weighted by Gasteiger charge is 2.06. The summed E-state index contributed by atoms with van der Waals surface area (Å²) in [6, 6.07) is 6.03. The molecular weight excluding hydrogens is 301 g/mol. The lowest BCUT2D eigenvalue weighted by Crippen LogP contribution is -2.09. The first kappa shape index (κ1) is 10.7. The van der Waals surface area contributed by atoms with Gasteiger partial charge in [0.15, 0.2) is 0 Å². The number of aryl methyl sites for hydroxylation is 2. The number of hydrogen-bond acceptors (Lipinski definition) is 1. The van der Waals surface area contributed by atoms with Crippen molar-refractivity contribution >= 4 is 33.5 Å². The average molecular weight is 313 g/mol. The Balaban J connectivity index is 2.88. The van der Waals surface area contributed by atoms with Crippen LogP contribution in [0.3, 0.4) is 0 Å². The Morgan fingerprint density at radius 3 is 2.80 bits per heavy atom. The fraction of sp³-hybridized carbons (Fsp3) is 0.250. The molecule has 0 aliphatic heterocycles. The maximum atomic E-state index is 12.0. The zero-order valence-electron chi connectivity index (χ0n) is 8.73. The highest BCUT2D eigenvalue weighted by Crippen LogP contribution is 2.14. The van der Waals surface area contributed by atoms with E-state index in [2.05, 4.69) is 40.6 Å². The molecule has 15 heavy (non-hydrogen) atoms.